The molecule has 3 nitrogen and oxygen atoms in total. The largest absolute Gasteiger partial charge is 0.469 e. The van der Waals surface area contributed by atoms with Crippen molar-refractivity contribution in [3.05, 3.63) is 42.5 Å². The van der Waals surface area contributed by atoms with Crippen molar-refractivity contribution in [2.45, 2.75) is 71.4 Å². The van der Waals surface area contributed by atoms with Gasteiger partial charge < -0.3 is 12.3 Å². The first kappa shape index (κ1) is 23.7. The normalized spacial score (nSPS) is 13.7. The van der Waals surface area contributed by atoms with Crippen LogP contribution in [0.3, 0.4) is 0 Å². The van der Waals surface area contributed by atoms with Crippen molar-refractivity contribution in [1.29, 1.82) is 0 Å². The minimum Gasteiger partial charge on any atom is -0.417 e. The van der Waals surface area contributed by atoms with Gasteiger partial charge in [0, 0.05) is 6.04 Å². The van der Waals surface area contributed by atoms with E-state index >= 15 is 0 Å². The summed E-state index contributed by atoms with van der Waals surface area (Å²) in [7, 11) is -8.22. The summed E-state index contributed by atoms with van der Waals surface area (Å²) in [5.41, 5.74) is 2.31. The molecule has 0 amide bonds. The van der Waals surface area contributed by atoms with Crippen LogP contribution in [-0.4, -0.2) is 33.8 Å². The Morgan fingerprint density at radius 1 is 0.731 bits per heavy atom. The predicted molar refractivity (Wildman–Crippen MR) is 124 cm³/mol. The Balaban J connectivity index is 3.12. The number of rotatable bonds is 10. The lowest BCUT2D eigenvalue weighted by atomic mass is 10.1. The summed E-state index contributed by atoms with van der Waals surface area (Å²) in [4.78, 5) is 0. The molecule has 148 valence electrons. The van der Waals surface area contributed by atoms with Crippen molar-refractivity contribution in [3.63, 3.8) is 0 Å². The zero-order valence-electron chi connectivity index (χ0n) is 18.2. The van der Waals surface area contributed by atoms with Gasteiger partial charge in [-0.25, -0.2) is 0 Å². The van der Waals surface area contributed by atoms with Gasteiger partial charge in [0.05, 0.1) is 0 Å². The van der Waals surface area contributed by atoms with Crippen LogP contribution in [0.5, 0.6) is 0 Å². The van der Waals surface area contributed by atoms with Gasteiger partial charge in [-0.05, 0) is 76.5 Å². The summed E-state index contributed by atoms with van der Waals surface area (Å²) in [6.45, 7) is 24.3. The highest BCUT2D eigenvalue weighted by Gasteiger charge is 2.49. The van der Waals surface area contributed by atoms with E-state index in [1.54, 1.807) is 0 Å². The third-order valence-corrected chi connectivity index (χ3v) is 15.2. The second-order valence-electron chi connectivity index (χ2n) is 9.80. The van der Waals surface area contributed by atoms with Crippen LogP contribution in [0.25, 0.3) is 5.57 Å². The average Bonchev–Trinajstić information content (AvgIpc) is 2.40. The van der Waals surface area contributed by atoms with Crippen molar-refractivity contribution >= 4 is 39.3 Å². The second kappa shape index (κ2) is 8.81. The van der Waals surface area contributed by atoms with Gasteiger partial charge in [0.25, 0.3) is 0 Å². The van der Waals surface area contributed by atoms with E-state index in [2.05, 4.69) is 89.8 Å². The number of hydrogen-bond acceptors (Lipinski definition) is 3. The van der Waals surface area contributed by atoms with E-state index < -0.39 is 33.8 Å². The number of allylic oxidation sites excluding steroid dienone is 1. The molecule has 0 fully saturated rings. The number of hydrogen-bond donors (Lipinski definition) is 0. The van der Waals surface area contributed by atoms with Crippen LogP contribution in [0.15, 0.2) is 36.9 Å². The summed E-state index contributed by atoms with van der Waals surface area (Å²) >= 11 is 0. The topological polar surface area (TPSA) is 27.7 Å². The quantitative estimate of drug-likeness (QED) is 0.395. The maximum absolute atomic E-state index is 6.73. The highest BCUT2D eigenvalue weighted by atomic mass is 28.5. The average molecular weight is 427 g/mol. The van der Waals surface area contributed by atoms with Crippen molar-refractivity contribution < 1.29 is 12.3 Å². The summed E-state index contributed by atoms with van der Waals surface area (Å²) in [6, 6.07) is 11.2. The first-order valence-electron chi connectivity index (χ1n) is 9.45. The van der Waals surface area contributed by atoms with Gasteiger partial charge in [0.15, 0.2) is 25.0 Å². The van der Waals surface area contributed by atoms with Crippen molar-refractivity contribution in [2.75, 3.05) is 0 Å². The third kappa shape index (κ3) is 9.59. The van der Waals surface area contributed by atoms with E-state index in [9.17, 15) is 0 Å². The van der Waals surface area contributed by atoms with Crippen molar-refractivity contribution in [2.24, 2.45) is 0 Å². The standard InChI is InChI=1S/C19H38O3Si4/c1-18(19-14-12-11-13-15-19)16-17-26(20-23(2,3)4,21-24(5,6)7)22-25(8,9)10/h11-15H,1,16-17H2,2-10H3. The first-order valence-corrected chi connectivity index (χ1v) is 21.6. The fourth-order valence-electron chi connectivity index (χ4n) is 2.74. The summed E-state index contributed by atoms with van der Waals surface area (Å²) in [5.74, 6) is 0. The first-order chi connectivity index (χ1) is 11.6. The summed E-state index contributed by atoms with van der Waals surface area (Å²) in [5, 5.41) is 0. The molecule has 0 bridgehead atoms. The molecule has 0 aromatic heterocycles. The molecule has 0 unspecified atom stereocenters. The smallest absolute Gasteiger partial charge is 0.417 e. The minimum absolute atomic E-state index is 0.805. The van der Waals surface area contributed by atoms with Crippen LogP contribution >= 0.6 is 0 Å². The Labute approximate surface area is 165 Å². The molecule has 26 heavy (non-hydrogen) atoms. The molecule has 0 atom stereocenters. The molecule has 0 aliphatic heterocycles. The zero-order chi connectivity index (χ0) is 20.2. The highest BCUT2D eigenvalue weighted by Crippen LogP contribution is 2.32. The number of benzene rings is 1. The van der Waals surface area contributed by atoms with Crippen LogP contribution in [0, 0.1) is 0 Å². The van der Waals surface area contributed by atoms with Crippen molar-refractivity contribution in [3.8, 4) is 0 Å². The van der Waals surface area contributed by atoms with Gasteiger partial charge in [-0.2, -0.15) is 0 Å². The fraction of sp³-hybridized carbons (Fsp3) is 0.579. The molecule has 0 saturated carbocycles. The molecule has 1 aromatic carbocycles. The molecule has 0 aliphatic rings. The molecule has 0 N–H and O–H groups in total. The van der Waals surface area contributed by atoms with Crippen LogP contribution < -0.4 is 0 Å². The third-order valence-electron chi connectivity index (χ3n) is 3.30. The SMILES string of the molecule is C=C(CC[Si](O[Si](C)(C)C)(O[Si](C)(C)C)O[Si](C)(C)C)c1ccccc1. The lowest BCUT2D eigenvalue weighted by Gasteiger charge is -2.43. The molecular weight excluding hydrogens is 389 g/mol. The van der Waals surface area contributed by atoms with Gasteiger partial charge in [-0.3, -0.25) is 0 Å². The van der Waals surface area contributed by atoms with Gasteiger partial charge in [-0.1, -0.05) is 36.9 Å². The van der Waals surface area contributed by atoms with Gasteiger partial charge in [0.1, 0.15) is 0 Å². The van der Waals surface area contributed by atoms with E-state index in [4.69, 9.17) is 12.3 Å². The van der Waals surface area contributed by atoms with Crippen LogP contribution in [0.1, 0.15) is 12.0 Å². The minimum atomic E-state index is -2.77. The monoisotopic (exact) mass is 426 g/mol. The van der Waals surface area contributed by atoms with E-state index in [1.165, 1.54) is 5.56 Å². The molecule has 1 aromatic rings. The molecule has 0 saturated heterocycles. The maximum Gasteiger partial charge on any atom is 0.469 e. The van der Waals surface area contributed by atoms with Crippen LogP contribution in [-0.2, 0) is 12.3 Å². The Kier molecular flexibility index (Phi) is 8.04. The van der Waals surface area contributed by atoms with Gasteiger partial charge in [-0.15, -0.1) is 0 Å². The Morgan fingerprint density at radius 2 is 1.12 bits per heavy atom. The summed E-state index contributed by atoms with van der Waals surface area (Å²) < 4.78 is 20.2. The Hall–Kier alpha value is -0.292. The van der Waals surface area contributed by atoms with Crippen LogP contribution in [0.4, 0.5) is 0 Å². The second-order valence-corrected chi connectivity index (χ2v) is 26.8. The Bertz CT molecular complexity index is 543. The van der Waals surface area contributed by atoms with E-state index in [0.717, 1.165) is 18.0 Å². The van der Waals surface area contributed by atoms with E-state index in [0.29, 0.717) is 0 Å². The Morgan fingerprint density at radius 3 is 1.46 bits per heavy atom. The van der Waals surface area contributed by atoms with Gasteiger partial charge >= 0.3 is 8.80 Å². The molecule has 7 heteroatoms. The van der Waals surface area contributed by atoms with Crippen LogP contribution in [0.2, 0.25) is 65.0 Å². The van der Waals surface area contributed by atoms with Crippen molar-refractivity contribution in [1.82, 2.24) is 0 Å². The lowest BCUT2D eigenvalue weighted by molar-refractivity contribution is 0.252. The molecular formula is C19H38O3Si4. The molecule has 0 aliphatic carbocycles. The summed E-state index contributed by atoms with van der Waals surface area (Å²) in [6.07, 6.45) is 0.843. The fourth-order valence-corrected chi connectivity index (χ4v) is 17.4. The lowest BCUT2D eigenvalue weighted by Crippen LogP contribution is -2.60. The molecule has 0 spiro atoms. The highest BCUT2D eigenvalue weighted by molar-refractivity contribution is 6.90. The van der Waals surface area contributed by atoms with E-state index in [-0.39, 0.29) is 0 Å². The molecule has 0 radical (unpaired) electrons. The van der Waals surface area contributed by atoms with Gasteiger partial charge in [0.2, 0.25) is 0 Å². The molecule has 1 rings (SSSR count). The maximum atomic E-state index is 6.73. The molecule has 0 heterocycles. The van der Waals surface area contributed by atoms with E-state index in [1.807, 2.05) is 6.07 Å². The zero-order valence-corrected chi connectivity index (χ0v) is 22.2. The predicted octanol–water partition coefficient (Wildman–Crippen LogP) is 6.58.